The summed E-state index contributed by atoms with van der Waals surface area (Å²) in [6.45, 7) is 0.375. The lowest BCUT2D eigenvalue weighted by molar-refractivity contribution is -0.146. The van der Waals surface area contributed by atoms with Crippen LogP contribution >= 0.6 is 12.2 Å². The molecule has 0 atom stereocenters. The number of aromatic nitrogens is 3. The Labute approximate surface area is 147 Å². The van der Waals surface area contributed by atoms with Crippen molar-refractivity contribution in [2.24, 2.45) is 7.05 Å². The minimum absolute atomic E-state index is 0.0368. The van der Waals surface area contributed by atoms with Gasteiger partial charge in [0.2, 0.25) is 10.6 Å². The molecule has 0 N–H and O–H groups in total. The molecule has 130 valence electrons. The maximum absolute atomic E-state index is 13.1. The summed E-state index contributed by atoms with van der Waals surface area (Å²) in [7, 11) is 1.38. The Morgan fingerprint density at radius 3 is 2.28 bits per heavy atom. The summed E-state index contributed by atoms with van der Waals surface area (Å²) in [5.41, 5.74) is 1.28. The van der Waals surface area contributed by atoms with Crippen molar-refractivity contribution in [3.8, 4) is 11.4 Å². The molecule has 1 aromatic heterocycles. The van der Waals surface area contributed by atoms with Crippen LogP contribution in [-0.4, -0.2) is 14.3 Å². The second-order valence-corrected chi connectivity index (χ2v) is 5.70. The van der Waals surface area contributed by atoms with Crippen LogP contribution in [0.25, 0.3) is 5.69 Å². The zero-order valence-electron chi connectivity index (χ0n) is 13.2. The maximum atomic E-state index is 13.1. The molecule has 0 saturated heterocycles. The predicted octanol–water partition coefficient (Wildman–Crippen LogP) is 4.54. The van der Waals surface area contributed by atoms with Gasteiger partial charge in [0.1, 0.15) is 12.4 Å². The molecule has 0 bridgehead atoms. The minimum Gasteiger partial charge on any atom is -0.489 e. The molecule has 0 spiro atoms. The van der Waals surface area contributed by atoms with Crippen LogP contribution in [0.2, 0.25) is 0 Å². The Hall–Kier alpha value is -2.61. The molecule has 8 heteroatoms. The van der Waals surface area contributed by atoms with Gasteiger partial charge in [0.05, 0.1) is 5.69 Å². The number of ether oxygens (including phenoxy) is 1. The van der Waals surface area contributed by atoms with E-state index in [0.717, 1.165) is 14.8 Å². The summed E-state index contributed by atoms with van der Waals surface area (Å²) >= 11 is 5.05. The normalized spacial score (nSPS) is 11.5. The molecular weight excluding hydrogens is 351 g/mol. The van der Waals surface area contributed by atoms with Crippen molar-refractivity contribution < 1.29 is 17.9 Å². The SMILES string of the molecule is Cn1nc(C(F)(F)F)n(-c2ccc(OCc3ccccc3)cc2)c1=S. The summed E-state index contributed by atoms with van der Waals surface area (Å²) in [4.78, 5) is 0. The Balaban J connectivity index is 1.85. The zero-order chi connectivity index (χ0) is 18.0. The van der Waals surface area contributed by atoms with E-state index in [9.17, 15) is 13.2 Å². The van der Waals surface area contributed by atoms with E-state index in [1.165, 1.54) is 19.2 Å². The predicted molar refractivity (Wildman–Crippen MR) is 89.1 cm³/mol. The van der Waals surface area contributed by atoms with E-state index >= 15 is 0 Å². The number of benzene rings is 2. The lowest BCUT2D eigenvalue weighted by Gasteiger charge is -2.10. The highest BCUT2D eigenvalue weighted by Gasteiger charge is 2.38. The third-order valence-corrected chi connectivity index (χ3v) is 3.97. The molecule has 0 amide bonds. The Morgan fingerprint density at radius 2 is 1.68 bits per heavy atom. The first-order chi connectivity index (χ1) is 11.9. The van der Waals surface area contributed by atoms with Gasteiger partial charge in [-0.15, -0.1) is 5.10 Å². The molecule has 0 aliphatic heterocycles. The van der Waals surface area contributed by atoms with Crippen LogP contribution in [0.15, 0.2) is 54.6 Å². The highest BCUT2D eigenvalue weighted by molar-refractivity contribution is 7.71. The van der Waals surface area contributed by atoms with Gasteiger partial charge >= 0.3 is 6.18 Å². The van der Waals surface area contributed by atoms with Gasteiger partial charge in [-0.3, -0.25) is 4.57 Å². The van der Waals surface area contributed by atoms with Gasteiger partial charge in [0.25, 0.3) is 0 Å². The molecule has 3 rings (SSSR count). The topological polar surface area (TPSA) is 32.0 Å². The molecule has 0 unspecified atom stereocenters. The number of rotatable bonds is 4. The molecule has 4 nitrogen and oxygen atoms in total. The molecule has 0 saturated carbocycles. The van der Waals surface area contributed by atoms with E-state index < -0.39 is 12.0 Å². The summed E-state index contributed by atoms with van der Waals surface area (Å²) in [5.74, 6) is -0.505. The average molecular weight is 365 g/mol. The second kappa shape index (κ2) is 6.72. The number of halogens is 3. The van der Waals surface area contributed by atoms with Crippen LogP contribution in [0.4, 0.5) is 13.2 Å². The minimum atomic E-state index is -4.60. The van der Waals surface area contributed by atoms with Gasteiger partial charge in [-0.1, -0.05) is 30.3 Å². The number of aryl methyl sites for hydroxylation is 1. The van der Waals surface area contributed by atoms with Gasteiger partial charge in [0, 0.05) is 7.05 Å². The van der Waals surface area contributed by atoms with Crippen molar-refractivity contribution in [1.82, 2.24) is 14.3 Å². The fourth-order valence-corrected chi connectivity index (χ4v) is 2.55. The van der Waals surface area contributed by atoms with E-state index in [2.05, 4.69) is 5.10 Å². The average Bonchev–Trinajstić information content (AvgIpc) is 2.90. The van der Waals surface area contributed by atoms with Crippen LogP contribution in [0.1, 0.15) is 11.4 Å². The molecule has 2 aromatic carbocycles. The van der Waals surface area contributed by atoms with Crippen LogP contribution in [0.3, 0.4) is 0 Å². The lowest BCUT2D eigenvalue weighted by Crippen LogP contribution is -2.14. The van der Waals surface area contributed by atoms with Crippen molar-refractivity contribution in [3.05, 3.63) is 70.8 Å². The first-order valence-electron chi connectivity index (χ1n) is 7.36. The molecule has 1 heterocycles. The number of nitrogens with zero attached hydrogens (tertiary/aromatic N) is 3. The fraction of sp³-hybridized carbons (Fsp3) is 0.176. The first-order valence-corrected chi connectivity index (χ1v) is 7.77. The molecule has 0 radical (unpaired) electrons. The third-order valence-electron chi connectivity index (χ3n) is 3.52. The fourth-order valence-electron chi connectivity index (χ4n) is 2.31. The second-order valence-electron chi connectivity index (χ2n) is 5.33. The molecule has 0 aliphatic carbocycles. The van der Waals surface area contributed by atoms with Gasteiger partial charge in [-0.2, -0.15) is 13.2 Å². The third kappa shape index (κ3) is 3.74. The lowest BCUT2D eigenvalue weighted by atomic mass is 10.2. The highest BCUT2D eigenvalue weighted by atomic mass is 32.1. The monoisotopic (exact) mass is 365 g/mol. The standard InChI is InChI=1S/C17H14F3N3OS/c1-22-16(25)23(15(21-22)17(18,19)20)13-7-9-14(10-8-13)24-11-12-5-3-2-4-6-12/h2-10H,11H2,1H3. The number of alkyl halides is 3. The molecule has 0 fully saturated rings. The van der Waals surface area contributed by atoms with Gasteiger partial charge in [-0.25, -0.2) is 4.68 Å². The summed E-state index contributed by atoms with van der Waals surface area (Å²) < 4.78 is 47.0. The summed E-state index contributed by atoms with van der Waals surface area (Å²) in [6, 6.07) is 15.8. The van der Waals surface area contributed by atoms with Gasteiger partial charge in [-0.05, 0) is 42.0 Å². The van der Waals surface area contributed by atoms with Crippen LogP contribution in [-0.2, 0) is 19.8 Å². The zero-order valence-corrected chi connectivity index (χ0v) is 14.0. The van der Waals surface area contributed by atoms with E-state index in [1.807, 2.05) is 30.3 Å². The number of hydrogen-bond acceptors (Lipinski definition) is 3. The summed E-state index contributed by atoms with van der Waals surface area (Å²) in [5, 5.41) is 3.48. The van der Waals surface area contributed by atoms with Crippen molar-refractivity contribution in [3.63, 3.8) is 0 Å². The Bertz CT molecular complexity index is 915. The first kappa shape index (κ1) is 17.2. The number of hydrogen-bond donors (Lipinski definition) is 0. The van der Waals surface area contributed by atoms with Crippen molar-refractivity contribution in [1.29, 1.82) is 0 Å². The summed E-state index contributed by atoms with van der Waals surface area (Å²) in [6.07, 6.45) is -4.60. The van der Waals surface area contributed by atoms with Crippen LogP contribution < -0.4 is 4.74 Å². The van der Waals surface area contributed by atoms with E-state index in [-0.39, 0.29) is 10.5 Å². The van der Waals surface area contributed by atoms with Crippen LogP contribution in [0.5, 0.6) is 5.75 Å². The maximum Gasteiger partial charge on any atom is 0.452 e. The quantitative estimate of drug-likeness (QED) is 0.637. The molecule has 0 aliphatic rings. The van der Waals surface area contributed by atoms with Crippen molar-refractivity contribution >= 4 is 12.2 Å². The van der Waals surface area contributed by atoms with E-state index in [0.29, 0.717) is 12.4 Å². The van der Waals surface area contributed by atoms with Crippen molar-refractivity contribution in [2.75, 3.05) is 0 Å². The van der Waals surface area contributed by atoms with Gasteiger partial charge in [0.15, 0.2) is 0 Å². The van der Waals surface area contributed by atoms with Gasteiger partial charge < -0.3 is 4.74 Å². The largest absolute Gasteiger partial charge is 0.489 e. The van der Waals surface area contributed by atoms with Crippen LogP contribution in [0, 0.1) is 4.77 Å². The van der Waals surface area contributed by atoms with E-state index in [4.69, 9.17) is 17.0 Å². The molecular formula is C17H14F3N3OS. The smallest absolute Gasteiger partial charge is 0.452 e. The Kier molecular flexibility index (Phi) is 4.63. The highest BCUT2D eigenvalue weighted by Crippen LogP contribution is 2.30. The Morgan fingerprint density at radius 1 is 1.04 bits per heavy atom. The van der Waals surface area contributed by atoms with E-state index in [1.54, 1.807) is 12.1 Å². The molecule has 3 aromatic rings. The molecule has 25 heavy (non-hydrogen) atoms. The van der Waals surface area contributed by atoms with Crippen molar-refractivity contribution in [2.45, 2.75) is 12.8 Å².